The predicted molar refractivity (Wildman–Crippen MR) is 71.5 cm³/mol. The van der Waals surface area contributed by atoms with E-state index in [-0.39, 0.29) is 0 Å². The molecule has 3 heteroatoms. The Morgan fingerprint density at radius 1 is 1.31 bits per heavy atom. The summed E-state index contributed by atoms with van der Waals surface area (Å²) >= 11 is 3.44. The zero-order chi connectivity index (χ0) is 11.8. The van der Waals surface area contributed by atoms with Crippen molar-refractivity contribution in [3.8, 4) is 0 Å². The molecule has 0 bridgehead atoms. The van der Waals surface area contributed by atoms with Gasteiger partial charge < -0.3 is 10.5 Å². The molecule has 0 aliphatic rings. The molecule has 2 N–H and O–H groups in total. The van der Waals surface area contributed by atoms with Gasteiger partial charge in [-0.1, -0.05) is 28.1 Å². The molecule has 1 atom stereocenters. The lowest BCUT2D eigenvalue weighted by molar-refractivity contribution is 0.133. The van der Waals surface area contributed by atoms with Crippen LogP contribution >= 0.6 is 15.9 Å². The summed E-state index contributed by atoms with van der Waals surface area (Å²) in [5, 5.41) is 0. The first-order valence-corrected chi connectivity index (χ1v) is 6.57. The topological polar surface area (TPSA) is 35.2 Å². The summed E-state index contributed by atoms with van der Waals surface area (Å²) in [7, 11) is 0. The third-order valence-corrected chi connectivity index (χ3v) is 3.17. The number of rotatable bonds is 7. The maximum Gasteiger partial charge on any atom is 0.0469 e. The SMILES string of the molecule is CCOCCC(CN)Cc1ccc(Br)cc1. The molecule has 0 heterocycles. The second-order valence-electron chi connectivity index (χ2n) is 3.92. The summed E-state index contributed by atoms with van der Waals surface area (Å²) < 4.78 is 6.48. The normalized spacial score (nSPS) is 12.7. The van der Waals surface area contributed by atoms with Crippen molar-refractivity contribution in [2.75, 3.05) is 19.8 Å². The van der Waals surface area contributed by atoms with Crippen LogP contribution < -0.4 is 5.73 Å². The zero-order valence-electron chi connectivity index (χ0n) is 9.79. The van der Waals surface area contributed by atoms with Gasteiger partial charge in [0.25, 0.3) is 0 Å². The second kappa shape index (κ2) is 7.82. The van der Waals surface area contributed by atoms with Crippen LogP contribution in [0, 0.1) is 5.92 Å². The van der Waals surface area contributed by atoms with Gasteiger partial charge in [-0.05, 0) is 49.9 Å². The molecule has 1 aromatic rings. The lowest BCUT2D eigenvalue weighted by Gasteiger charge is -2.14. The van der Waals surface area contributed by atoms with Gasteiger partial charge >= 0.3 is 0 Å². The number of ether oxygens (including phenoxy) is 1. The summed E-state index contributed by atoms with van der Waals surface area (Å²) in [5.41, 5.74) is 7.11. The third kappa shape index (κ3) is 5.10. The van der Waals surface area contributed by atoms with Gasteiger partial charge in [-0.2, -0.15) is 0 Å². The minimum atomic E-state index is 0.521. The molecule has 0 aromatic heterocycles. The van der Waals surface area contributed by atoms with Crippen molar-refractivity contribution in [2.45, 2.75) is 19.8 Å². The molecule has 2 nitrogen and oxygen atoms in total. The minimum Gasteiger partial charge on any atom is -0.382 e. The molecule has 1 aromatic carbocycles. The maximum atomic E-state index is 5.77. The highest BCUT2D eigenvalue weighted by Gasteiger charge is 2.07. The van der Waals surface area contributed by atoms with E-state index >= 15 is 0 Å². The molecule has 0 amide bonds. The highest BCUT2D eigenvalue weighted by atomic mass is 79.9. The van der Waals surface area contributed by atoms with Crippen molar-refractivity contribution in [3.63, 3.8) is 0 Å². The molecule has 0 fully saturated rings. The van der Waals surface area contributed by atoms with Gasteiger partial charge in [-0.25, -0.2) is 0 Å². The molecule has 0 aliphatic heterocycles. The van der Waals surface area contributed by atoms with Crippen LogP contribution in [0.1, 0.15) is 18.9 Å². The van der Waals surface area contributed by atoms with Crippen LogP contribution in [-0.2, 0) is 11.2 Å². The van der Waals surface area contributed by atoms with E-state index in [4.69, 9.17) is 10.5 Å². The Morgan fingerprint density at radius 2 is 2.00 bits per heavy atom. The Balaban J connectivity index is 2.40. The van der Waals surface area contributed by atoms with E-state index in [0.717, 1.165) is 37.1 Å². The molecule has 0 aliphatic carbocycles. The quantitative estimate of drug-likeness (QED) is 0.782. The van der Waals surface area contributed by atoms with Crippen molar-refractivity contribution in [3.05, 3.63) is 34.3 Å². The Morgan fingerprint density at radius 3 is 2.56 bits per heavy atom. The molecule has 0 radical (unpaired) electrons. The summed E-state index contributed by atoms with van der Waals surface area (Å²) in [6.45, 7) is 4.35. The Hall–Kier alpha value is -0.380. The largest absolute Gasteiger partial charge is 0.382 e. The highest BCUT2D eigenvalue weighted by Crippen LogP contribution is 2.15. The van der Waals surface area contributed by atoms with Crippen LogP contribution in [0.5, 0.6) is 0 Å². The first-order chi connectivity index (χ1) is 7.76. The molecule has 1 unspecified atom stereocenters. The standard InChI is InChI=1S/C13H20BrNO/c1-2-16-8-7-12(10-15)9-11-3-5-13(14)6-4-11/h3-6,12H,2,7-10,15H2,1H3. The number of hydrogen-bond acceptors (Lipinski definition) is 2. The summed E-state index contributed by atoms with van der Waals surface area (Å²) in [4.78, 5) is 0. The van der Waals surface area contributed by atoms with Crippen molar-refractivity contribution < 1.29 is 4.74 Å². The minimum absolute atomic E-state index is 0.521. The van der Waals surface area contributed by atoms with Crippen LogP contribution in [0.25, 0.3) is 0 Å². The van der Waals surface area contributed by atoms with Crippen LogP contribution in [0.15, 0.2) is 28.7 Å². The summed E-state index contributed by atoms with van der Waals surface area (Å²) in [5.74, 6) is 0.521. The molecule has 0 saturated heterocycles. The lowest BCUT2D eigenvalue weighted by Crippen LogP contribution is -2.18. The first kappa shape index (κ1) is 13.7. The van der Waals surface area contributed by atoms with Gasteiger partial charge in [0.1, 0.15) is 0 Å². The molecular formula is C13H20BrNO. The number of halogens is 1. The van der Waals surface area contributed by atoms with Crippen LogP contribution in [0.4, 0.5) is 0 Å². The van der Waals surface area contributed by atoms with Gasteiger partial charge in [0.05, 0.1) is 0 Å². The van der Waals surface area contributed by atoms with Crippen LogP contribution in [-0.4, -0.2) is 19.8 Å². The van der Waals surface area contributed by atoms with Crippen molar-refractivity contribution in [1.82, 2.24) is 0 Å². The fraction of sp³-hybridized carbons (Fsp3) is 0.538. The molecule has 90 valence electrons. The zero-order valence-corrected chi connectivity index (χ0v) is 11.4. The van der Waals surface area contributed by atoms with E-state index in [1.165, 1.54) is 5.56 Å². The van der Waals surface area contributed by atoms with E-state index in [2.05, 4.69) is 40.2 Å². The Labute approximate surface area is 106 Å². The van der Waals surface area contributed by atoms with E-state index in [1.54, 1.807) is 0 Å². The van der Waals surface area contributed by atoms with Gasteiger partial charge in [-0.3, -0.25) is 0 Å². The van der Waals surface area contributed by atoms with Crippen molar-refractivity contribution in [2.24, 2.45) is 11.7 Å². The van der Waals surface area contributed by atoms with E-state index in [1.807, 2.05) is 6.92 Å². The molecule has 1 rings (SSSR count). The lowest BCUT2D eigenvalue weighted by atomic mass is 9.97. The second-order valence-corrected chi connectivity index (χ2v) is 4.83. The van der Waals surface area contributed by atoms with Crippen LogP contribution in [0.2, 0.25) is 0 Å². The smallest absolute Gasteiger partial charge is 0.0469 e. The summed E-state index contributed by atoms with van der Waals surface area (Å²) in [6, 6.07) is 8.44. The Bertz CT molecular complexity index is 286. The van der Waals surface area contributed by atoms with Gasteiger partial charge in [0, 0.05) is 17.7 Å². The van der Waals surface area contributed by atoms with E-state index in [0.29, 0.717) is 5.92 Å². The molecule has 0 saturated carbocycles. The third-order valence-electron chi connectivity index (χ3n) is 2.65. The predicted octanol–water partition coefficient (Wildman–Crippen LogP) is 2.99. The summed E-state index contributed by atoms with van der Waals surface area (Å²) in [6.07, 6.45) is 2.08. The van der Waals surface area contributed by atoms with Gasteiger partial charge in [0.2, 0.25) is 0 Å². The van der Waals surface area contributed by atoms with E-state index < -0.39 is 0 Å². The van der Waals surface area contributed by atoms with Crippen molar-refractivity contribution in [1.29, 1.82) is 0 Å². The molecule has 0 spiro atoms. The molecular weight excluding hydrogens is 266 g/mol. The van der Waals surface area contributed by atoms with Crippen LogP contribution in [0.3, 0.4) is 0 Å². The highest BCUT2D eigenvalue weighted by molar-refractivity contribution is 9.10. The first-order valence-electron chi connectivity index (χ1n) is 5.78. The van der Waals surface area contributed by atoms with Gasteiger partial charge in [0.15, 0.2) is 0 Å². The maximum absolute atomic E-state index is 5.77. The molecule has 16 heavy (non-hydrogen) atoms. The fourth-order valence-corrected chi connectivity index (χ4v) is 1.92. The Kier molecular flexibility index (Phi) is 6.69. The number of hydrogen-bond donors (Lipinski definition) is 1. The van der Waals surface area contributed by atoms with Gasteiger partial charge in [-0.15, -0.1) is 0 Å². The monoisotopic (exact) mass is 285 g/mol. The fourth-order valence-electron chi connectivity index (χ4n) is 1.65. The average Bonchev–Trinajstić information content (AvgIpc) is 2.31. The number of nitrogens with two attached hydrogens (primary N) is 1. The van der Waals surface area contributed by atoms with Crippen molar-refractivity contribution >= 4 is 15.9 Å². The number of benzene rings is 1. The van der Waals surface area contributed by atoms with E-state index in [9.17, 15) is 0 Å². The average molecular weight is 286 g/mol.